The van der Waals surface area contributed by atoms with E-state index in [0.29, 0.717) is 11.8 Å². The van der Waals surface area contributed by atoms with Gasteiger partial charge in [-0.25, -0.2) is 0 Å². The average Bonchev–Trinajstić information content (AvgIpc) is 2.80. The summed E-state index contributed by atoms with van der Waals surface area (Å²) in [7, 11) is 2.80. The van der Waals surface area contributed by atoms with E-state index in [1.54, 1.807) is 7.11 Å². The van der Waals surface area contributed by atoms with Gasteiger partial charge in [-0.05, 0) is 6.42 Å². The molecule has 2 atom stereocenters. The summed E-state index contributed by atoms with van der Waals surface area (Å²) in [5, 5.41) is 0. The maximum atomic E-state index is 5.52. The van der Waals surface area contributed by atoms with Crippen LogP contribution in [0, 0.1) is 0 Å². The fraction of sp³-hybridized carbons (Fsp3) is 1.00. The van der Waals surface area contributed by atoms with Crippen molar-refractivity contribution in [2.45, 2.75) is 18.3 Å². The van der Waals surface area contributed by atoms with Gasteiger partial charge in [-0.15, -0.1) is 0 Å². The van der Waals surface area contributed by atoms with E-state index >= 15 is 0 Å². The first-order valence-corrected chi connectivity index (χ1v) is 5.20. The normalized spacial score (nSPS) is 25.4. The third-order valence-electron chi connectivity index (χ3n) is 1.70. The molecule has 1 saturated heterocycles. The first-order valence-electron chi connectivity index (χ1n) is 4.05. The second-order valence-corrected chi connectivity index (χ2v) is 4.17. The molecule has 2 unspecified atom stereocenters. The lowest BCUT2D eigenvalue weighted by atomic mass is 10.4. The molecule has 0 N–H and O–H groups in total. The standard InChI is InChI=1S/C7H16O3Si/c1-8-3-2-7(11)10-5-6-4-9-6/h6-7H,2-5H2,1,11H3. The SMILES string of the molecule is COCCC([SiH3])OCC1CO1. The summed E-state index contributed by atoms with van der Waals surface area (Å²) >= 11 is 0. The molecule has 1 heterocycles. The molecule has 4 heteroatoms. The second-order valence-electron chi connectivity index (χ2n) is 2.88. The summed E-state index contributed by atoms with van der Waals surface area (Å²) in [6.07, 6.45) is 1.42. The lowest BCUT2D eigenvalue weighted by molar-refractivity contribution is 0.0669. The highest BCUT2D eigenvalue weighted by Gasteiger charge is 2.23. The number of ether oxygens (including phenoxy) is 3. The second kappa shape index (κ2) is 4.87. The molecule has 1 rings (SSSR count). The maximum Gasteiger partial charge on any atom is 0.104 e. The van der Waals surface area contributed by atoms with Crippen LogP contribution in [0.4, 0.5) is 0 Å². The number of epoxide rings is 1. The zero-order valence-corrected chi connectivity index (χ0v) is 9.21. The van der Waals surface area contributed by atoms with E-state index in [1.807, 2.05) is 0 Å². The zero-order valence-electron chi connectivity index (χ0n) is 7.21. The Balaban J connectivity index is 1.87. The highest BCUT2D eigenvalue weighted by atomic mass is 28.1. The summed E-state index contributed by atoms with van der Waals surface area (Å²) < 4.78 is 15.5. The predicted octanol–water partition coefficient (Wildman–Crippen LogP) is -0.870. The highest BCUT2D eigenvalue weighted by molar-refractivity contribution is 6.10. The molecule has 0 saturated carbocycles. The van der Waals surface area contributed by atoms with E-state index in [-0.39, 0.29) is 0 Å². The van der Waals surface area contributed by atoms with Gasteiger partial charge in [0, 0.05) is 29.7 Å². The fourth-order valence-electron chi connectivity index (χ4n) is 0.803. The van der Waals surface area contributed by atoms with Crippen LogP contribution in [-0.2, 0) is 14.2 Å². The van der Waals surface area contributed by atoms with Gasteiger partial charge in [-0.3, -0.25) is 0 Å². The van der Waals surface area contributed by atoms with E-state index in [0.717, 1.165) is 36.5 Å². The van der Waals surface area contributed by atoms with Crippen molar-refractivity contribution in [3.63, 3.8) is 0 Å². The van der Waals surface area contributed by atoms with Gasteiger partial charge in [0.25, 0.3) is 0 Å². The van der Waals surface area contributed by atoms with E-state index in [4.69, 9.17) is 14.2 Å². The Hall–Kier alpha value is 0.0969. The summed E-state index contributed by atoms with van der Waals surface area (Å²) in [5.74, 6) is 0. The van der Waals surface area contributed by atoms with Crippen molar-refractivity contribution in [1.29, 1.82) is 0 Å². The monoisotopic (exact) mass is 176 g/mol. The van der Waals surface area contributed by atoms with Crippen LogP contribution in [0.1, 0.15) is 6.42 Å². The van der Waals surface area contributed by atoms with Crippen molar-refractivity contribution in [2.75, 3.05) is 26.9 Å². The van der Waals surface area contributed by atoms with Crippen LogP contribution in [-0.4, -0.2) is 49.0 Å². The molecule has 0 aromatic heterocycles. The van der Waals surface area contributed by atoms with E-state index in [2.05, 4.69) is 0 Å². The van der Waals surface area contributed by atoms with Crippen LogP contribution in [0.25, 0.3) is 0 Å². The Morgan fingerprint density at radius 1 is 1.73 bits per heavy atom. The van der Waals surface area contributed by atoms with Crippen LogP contribution >= 0.6 is 0 Å². The molecule has 3 nitrogen and oxygen atoms in total. The number of hydrogen-bond acceptors (Lipinski definition) is 3. The molecule has 1 aliphatic rings. The Bertz CT molecular complexity index is 106. The lowest BCUT2D eigenvalue weighted by Crippen LogP contribution is -2.18. The summed E-state index contributed by atoms with van der Waals surface area (Å²) in [6, 6.07) is 0. The maximum absolute atomic E-state index is 5.52. The molecule has 0 aliphatic carbocycles. The molecule has 11 heavy (non-hydrogen) atoms. The van der Waals surface area contributed by atoms with Crippen molar-refractivity contribution in [3.05, 3.63) is 0 Å². The van der Waals surface area contributed by atoms with Gasteiger partial charge in [-0.2, -0.15) is 0 Å². The molecule has 0 radical (unpaired) electrons. The first kappa shape index (κ1) is 9.19. The summed E-state index contributed by atoms with van der Waals surface area (Å²) in [5.41, 5.74) is 0.430. The lowest BCUT2D eigenvalue weighted by Gasteiger charge is -2.10. The Morgan fingerprint density at radius 3 is 3.00 bits per heavy atom. The van der Waals surface area contributed by atoms with Crippen LogP contribution in [0.2, 0.25) is 0 Å². The van der Waals surface area contributed by atoms with Gasteiger partial charge in [0.1, 0.15) is 6.10 Å². The van der Waals surface area contributed by atoms with Crippen LogP contribution in [0.3, 0.4) is 0 Å². The minimum absolute atomic E-state index is 0.397. The van der Waals surface area contributed by atoms with Crippen LogP contribution in [0.15, 0.2) is 0 Å². The van der Waals surface area contributed by atoms with Crippen LogP contribution in [0.5, 0.6) is 0 Å². The van der Waals surface area contributed by atoms with Crippen molar-refractivity contribution < 1.29 is 14.2 Å². The van der Waals surface area contributed by atoms with Gasteiger partial charge < -0.3 is 14.2 Å². The van der Waals surface area contributed by atoms with Gasteiger partial charge in [0.2, 0.25) is 0 Å². The van der Waals surface area contributed by atoms with Gasteiger partial charge >= 0.3 is 0 Å². The summed E-state index contributed by atoms with van der Waals surface area (Å²) in [6.45, 7) is 2.47. The zero-order chi connectivity index (χ0) is 8.10. The molecule has 0 spiro atoms. The topological polar surface area (TPSA) is 31.0 Å². The molecule has 1 fully saturated rings. The Labute approximate surface area is 70.4 Å². The summed E-state index contributed by atoms with van der Waals surface area (Å²) in [4.78, 5) is 0. The molecule has 0 aromatic rings. The van der Waals surface area contributed by atoms with Crippen molar-refractivity contribution >= 4 is 10.2 Å². The molecule has 1 aliphatic heterocycles. The predicted molar refractivity (Wildman–Crippen MR) is 45.9 cm³/mol. The number of rotatable bonds is 6. The largest absolute Gasteiger partial charge is 0.385 e. The van der Waals surface area contributed by atoms with E-state index in [1.165, 1.54) is 0 Å². The third kappa shape index (κ3) is 4.52. The minimum Gasteiger partial charge on any atom is -0.385 e. The highest BCUT2D eigenvalue weighted by Crippen LogP contribution is 2.09. The van der Waals surface area contributed by atoms with E-state index in [9.17, 15) is 0 Å². The number of hydrogen-bond donors (Lipinski definition) is 0. The smallest absolute Gasteiger partial charge is 0.104 e. The number of methoxy groups -OCH3 is 1. The van der Waals surface area contributed by atoms with E-state index < -0.39 is 0 Å². The fourth-order valence-corrected chi connectivity index (χ4v) is 1.23. The van der Waals surface area contributed by atoms with Crippen LogP contribution < -0.4 is 0 Å². The van der Waals surface area contributed by atoms with Crippen molar-refractivity contribution in [3.8, 4) is 0 Å². The van der Waals surface area contributed by atoms with Gasteiger partial charge in [0.15, 0.2) is 0 Å². The third-order valence-corrected chi connectivity index (χ3v) is 2.61. The molecule has 0 aromatic carbocycles. The molecular weight excluding hydrogens is 160 g/mol. The van der Waals surface area contributed by atoms with Gasteiger partial charge in [-0.1, -0.05) is 0 Å². The molecule has 0 bridgehead atoms. The van der Waals surface area contributed by atoms with Crippen molar-refractivity contribution in [2.24, 2.45) is 0 Å². The van der Waals surface area contributed by atoms with Gasteiger partial charge in [0.05, 0.1) is 13.2 Å². The molecular formula is C7H16O3Si. The Morgan fingerprint density at radius 2 is 2.45 bits per heavy atom. The molecule has 0 amide bonds. The average molecular weight is 176 g/mol. The Kier molecular flexibility index (Phi) is 4.07. The molecule has 66 valence electrons. The quantitative estimate of drug-likeness (QED) is 0.389. The van der Waals surface area contributed by atoms with Crippen molar-refractivity contribution in [1.82, 2.24) is 0 Å². The first-order chi connectivity index (χ1) is 5.33. The minimum atomic E-state index is 0.397.